The molecule has 0 aliphatic carbocycles. The van der Waals surface area contributed by atoms with Crippen molar-refractivity contribution in [3.8, 4) is 23.6 Å². The third-order valence-corrected chi connectivity index (χ3v) is 4.57. The number of carbonyl (C=O) groups is 2. The fourth-order valence-electron chi connectivity index (χ4n) is 2.45. The molecule has 3 rings (SSSR count). The molecule has 0 bridgehead atoms. The number of amides is 1. The van der Waals surface area contributed by atoms with Crippen LogP contribution in [0.15, 0.2) is 60.9 Å². The van der Waals surface area contributed by atoms with Gasteiger partial charge in [0, 0.05) is 24.4 Å². The zero-order chi connectivity index (χ0) is 22.2. The summed E-state index contributed by atoms with van der Waals surface area (Å²) in [4.78, 5) is 31.9. The summed E-state index contributed by atoms with van der Waals surface area (Å²) in [6.07, 6.45) is 3.03. The number of benzene rings is 2. The van der Waals surface area contributed by atoms with Gasteiger partial charge in [0.25, 0.3) is 5.91 Å². The molecule has 10 heteroatoms. The van der Waals surface area contributed by atoms with Crippen molar-refractivity contribution in [2.75, 3.05) is 0 Å². The first-order valence-electron chi connectivity index (χ1n) is 8.95. The second-order valence-corrected chi connectivity index (χ2v) is 6.94. The van der Waals surface area contributed by atoms with Crippen LogP contribution in [-0.2, 0) is 4.79 Å². The molecular formula is C22H16Cl2N3NaO4. The molecule has 0 aliphatic rings. The summed E-state index contributed by atoms with van der Waals surface area (Å²) in [5.74, 6) is 4.24. The average molecular weight is 480 g/mol. The van der Waals surface area contributed by atoms with Gasteiger partial charge in [0.1, 0.15) is 11.8 Å². The Kier molecular flexibility index (Phi) is 9.97. The van der Waals surface area contributed by atoms with Crippen molar-refractivity contribution in [2.24, 2.45) is 0 Å². The number of nitrogens with one attached hydrogen (secondary N) is 1. The molecule has 0 saturated carbocycles. The predicted molar refractivity (Wildman–Crippen MR) is 117 cm³/mol. The monoisotopic (exact) mass is 479 g/mol. The van der Waals surface area contributed by atoms with Crippen LogP contribution in [0.25, 0.3) is 0 Å². The van der Waals surface area contributed by atoms with Gasteiger partial charge in [-0.15, -0.1) is 0 Å². The molecule has 0 aliphatic heterocycles. The molecule has 1 heterocycles. The predicted octanol–water partition coefficient (Wildman–Crippen LogP) is 1.32. The normalized spacial score (nSPS) is 10.7. The Morgan fingerprint density at radius 1 is 1.06 bits per heavy atom. The minimum atomic E-state index is -1.23. The number of rotatable bonds is 6. The van der Waals surface area contributed by atoms with Gasteiger partial charge < -0.3 is 16.6 Å². The molecule has 1 aromatic heterocycles. The first-order valence-corrected chi connectivity index (χ1v) is 9.71. The van der Waals surface area contributed by atoms with Crippen molar-refractivity contribution in [2.45, 2.75) is 12.5 Å². The molecule has 0 radical (unpaired) electrons. The van der Waals surface area contributed by atoms with Crippen molar-refractivity contribution >= 4 is 35.1 Å². The Morgan fingerprint density at radius 2 is 1.69 bits per heavy atom. The Balaban J connectivity index is 0.00000272. The fourth-order valence-corrected chi connectivity index (χ4v) is 3.02. The maximum absolute atomic E-state index is 12.4. The Bertz CT molecular complexity index is 1140. The van der Waals surface area contributed by atoms with E-state index in [1.54, 1.807) is 48.8 Å². The summed E-state index contributed by atoms with van der Waals surface area (Å²) >= 11 is 12.0. The molecule has 2 N–H and O–H groups in total. The molecule has 1 unspecified atom stereocenters. The van der Waals surface area contributed by atoms with Crippen LogP contribution in [-0.4, -0.2) is 33.0 Å². The van der Waals surface area contributed by atoms with Crippen molar-refractivity contribution in [1.29, 1.82) is 0 Å². The Morgan fingerprint density at radius 3 is 2.28 bits per heavy atom. The Labute approximate surface area is 217 Å². The fraction of sp³-hybridized carbons (Fsp3) is 0.0909. The third kappa shape index (κ3) is 7.23. The number of halogens is 2. The van der Waals surface area contributed by atoms with Gasteiger partial charge in [-0.1, -0.05) is 41.1 Å². The van der Waals surface area contributed by atoms with Crippen LogP contribution < -0.4 is 39.6 Å². The zero-order valence-corrected chi connectivity index (χ0v) is 20.4. The molecule has 1 atom stereocenters. The third-order valence-electron chi connectivity index (χ3n) is 3.94. The van der Waals surface area contributed by atoms with Gasteiger partial charge in [0.2, 0.25) is 0 Å². The van der Waals surface area contributed by atoms with Crippen LogP contribution in [0.2, 0.25) is 10.0 Å². The average Bonchev–Trinajstić information content (AvgIpc) is 2.75. The minimum absolute atomic E-state index is 0. The SMILES string of the molecule is O=C(NC(CC#Cc1ccc(Oc2ncccn2)cc1)C(=O)O)c1c(Cl)cccc1Cl.[H-].[Na+]. The smallest absolute Gasteiger partial charge is 1.00 e. The molecule has 158 valence electrons. The van der Waals surface area contributed by atoms with Gasteiger partial charge in [-0.05, 0) is 42.5 Å². The van der Waals surface area contributed by atoms with E-state index in [4.69, 9.17) is 27.9 Å². The number of carbonyl (C=O) groups excluding carboxylic acids is 1. The van der Waals surface area contributed by atoms with E-state index < -0.39 is 17.9 Å². The van der Waals surface area contributed by atoms with E-state index in [1.807, 2.05) is 0 Å². The van der Waals surface area contributed by atoms with Crippen LogP contribution in [0.1, 0.15) is 23.8 Å². The summed E-state index contributed by atoms with van der Waals surface area (Å²) < 4.78 is 5.50. The topological polar surface area (TPSA) is 101 Å². The van der Waals surface area contributed by atoms with E-state index >= 15 is 0 Å². The Hall–Kier alpha value is -2.60. The molecule has 0 fully saturated rings. The van der Waals surface area contributed by atoms with E-state index in [0.717, 1.165) is 0 Å². The summed E-state index contributed by atoms with van der Waals surface area (Å²) in [5, 5.41) is 12.1. The quantitative estimate of drug-likeness (QED) is 0.408. The van der Waals surface area contributed by atoms with E-state index in [-0.39, 0.29) is 59.0 Å². The molecular weight excluding hydrogens is 464 g/mol. The first-order chi connectivity index (χ1) is 14.9. The largest absolute Gasteiger partial charge is 1.00 e. The van der Waals surface area contributed by atoms with Crippen LogP contribution in [0, 0.1) is 11.8 Å². The van der Waals surface area contributed by atoms with Gasteiger partial charge in [0.15, 0.2) is 0 Å². The number of aliphatic carboxylic acids is 1. The number of carboxylic acids is 1. The zero-order valence-electron chi connectivity index (χ0n) is 17.9. The molecule has 0 spiro atoms. The number of carboxylic acid groups (broad SMARTS) is 1. The number of ether oxygens (including phenoxy) is 1. The van der Waals surface area contributed by atoms with Gasteiger partial charge >= 0.3 is 41.5 Å². The van der Waals surface area contributed by atoms with Crippen LogP contribution in [0.4, 0.5) is 0 Å². The van der Waals surface area contributed by atoms with E-state index in [2.05, 4.69) is 27.1 Å². The second-order valence-electron chi connectivity index (χ2n) is 6.12. The van der Waals surface area contributed by atoms with Crippen molar-refractivity contribution in [3.63, 3.8) is 0 Å². The molecule has 2 aromatic carbocycles. The first kappa shape index (κ1) is 25.7. The van der Waals surface area contributed by atoms with Crippen molar-refractivity contribution < 1.29 is 50.4 Å². The molecule has 3 aromatic rings. The number of aromatic nitrogens is 2. The van der Waals surface area contributed by atoms with Crippen LogP contribution in [0.5, 0.6) is 11.8 Å². The van der Waals surface area contributed by atoms with E-state index in [0.29, 0.717) is 11.3 Å². The van der Waals surface area contributed by atoms with E-state index in [9.17, 15) is 14.7 Å². The molecule has 1 amide bonds. The van der Waals surface area contributed by atoms with Gasteiger partial charge in [-0.25, -0.2) is 14.8 Å². The maximum Gasteiger partial charge on any atom is 1.00 e. The van der Waals surface area contributed by atoms with Crippen LogP contribution >= 0.6 is 23.2 Å². The summed E-state index contributed by atoms with van der Waals surface area (Å²) in [7, 11) is 0. The second kappa shape index (κ2) is 12.4. The standard InChI is InChI=1S/C22H15Cl2N3O4.Na.H/c23-16-5-2-6-17(24)19(16)20(28)27-18(21(29)30)7-1-4-14-8-10-15(11-9-14)31-22-25-12-3-13-26-22;;/h2-3,5-6,8-13,18H,7H2,(H,27,28)(H,29,30);;/q;+1;-1. The molecule has 0 saturated heterocycles. The molecule has 32 heavy (non-hydrogen) atoms. The maximum atomic E-state index is 12.4. The summed E-state index contributed by atoms with van der Waals surface area (Å²) in [6.45, 7) is 0. The van der Waals surface area contributed by atoms with Crippen LogP contribution in [0.3, 0.4) is 0 Å². The van der Waals surface area contributed by atoms with Gasteiger partial charge in [0.05, 0.1) is 15.6 Å². The minimum Gasteiger partial charge on any atom is -1.00 e. The van der Waals surface area contributed by atoms with Crippen molar-refractivity contribution in [3.05, 3.63) is 82.1 Å². The van der Waals surface area contributed by atoms with Gasteiger partial charge in [-0.2, -0.15) is 0 Å². The summed E-state index contributed by atoms with van der Waals surface area (Å²) in [5.41, 5.74) is 0.661. The number of nitrogens with zero attached hydrogens (tertiary/aromatic N) is 2. The van der Waals surface area contributed by atoms with Crippen molar-refractivity contribution in [1.82, 2.24) is 15.3 Å². The molecule has 7 nitrogen and oxygen atoms in total. The number of hydrogen-bond donors (Lipinski definition) is 2. The number of hydrogen-bond acceptors (Lipinski definition) is 5. The van der Waals surface area contributed by atoms with E-state index in [1.165, 1.54) is 12.1 Å². The van der Waals surface area contributed by atoms with Gasteiger partial charge in [-0.3, -0.25) is 4.79 Å². The summed E-state index contributed by atoms with van der Waals surface area (Å²) in [6, 6.07) is 12.1.